The van der Waals surface area contributed by atoms with E-state index in [9.17, 15) is 0 Å². The first-order valence-electron chi connectivity index (χ1n) is 22.4. The Labute approximate surface area is 378 Å². The summed E-state index contributed by atoms with van der Waals surface area (Å²) in [5.41, 5.74) is 18.2. The number of nitrogens with zero attached hydrogens (tertiary/aromatic N) is 4. The molecule has 1 aliphatic heterocycles. The minimum absolute atomic E-state index is 0.344. The maximum atomic E-state index is 5.21. The summed E-state index contributed by atoms with van der Waals surface area (Å²) >= 11 is 0. The van der Waals surface area contributed by atoms with E-state index in [0.29, 0.717) is 17.5 Å². The van der Waals surface area contributed by atoms with Crippen LogP contribution in [-0.2, 0) is 10.8 Å². The van der Waals surface area contributed by atoms with Gasteiger partial charge in [0.2, 0.25) is 0 Å². The summed E-state index contributed by atoms with van der Waals surface area (Å²) in [5.74, 6) is 1.91. The van der Waals surface area contributed by atoms with Gasteiger partial charge in [0, 0.05) is 32.9 Å². The lowest BCUT2D eigenvalue weighted by molar-refractivity contribution is 0.558. The molecule has 13 rings (SSSR count). The van der Waals surface area contributed by atoms with Gasteiger partial charge in [-0.05, 0) is 73.8 Å². The van der Waals surface area contributed by atoms with Crippen LogP contribution in [0.5, 0.6) is 0 Å². The molecule has 2 aliphatic rings. The molecule has 1 unspecified atom stereocenters. The van der Waals surface area contributed by atoms with Gasteiger partial charge in [0.05, 0.1) is 22.1 Å². The Morgan fingerprint density at radius 1 is 0.354 bits per heavy atom. The third-order valence-corrected chi connectivity index (χ3v) is 14.1. The van der Waals surface area contributed by atoms with Crippen LogP contribution in [0.25, 0.3) is 83.9 Å². The van der Waals surface area contributed by atoms with Crippen LogP contribution in [0.1, 0.15) is 47.2 Å². The molecule has 0 saturated carbocycles. The van der Waals surface area contributed by atoms with Crippen LogP contribution in [0, 0.1) is 0 Å². The van der Waals surface area contributed by atoms with Gasteiger partial charge in [-0.2, -0.15) is 0 Å². The fourth-order valence-electron chi connectivity index (χ4n) is 11.3. The van der Waals surface area contributed by atoms with E-state index in [1.165, 1.54) is 72.0 Å². The zero-order valence-electron chi connectivity index (χ0n) is 36.1. The molecular weight excluding hydrogens is 789 g/mol. The summed E-state index contributed by atoms with van der Waals surface area (Å²) in [6, 6.07) is 79.1. The van der Waals surface area contributed by atoms with Gasteiger partial charge in [-0.3, -0.25) is 0 Å². The van der Waals surface area contributed by atoms with Crippen LogP contribution >= 0.6 is 0 Å². The molecule has 0 saturated heterocycles. The van der Waals surface area contributed by atoms with Gasteiger partial charge in [-0.1, -0.05) is 214 Å². The minimum atomic E-state index is -0.584. The average molecular weight is 831 g/mol. The second-order valence-corrected chi connectivity index (χ2v) is 17.9. The molecule has 4 nitrogen and oxygen atoms in total. The summed E-state index contributed by atoms with van der Waals surface area (Å²) < 4.78 is 2.51. The lowest BCUT2D eigenvalue weighted by atomic mass is 9.52. The molecule has 3 heterocycles. The molecule has 0 fully saturated rings. The van der Waals surface area contributed by atoms with E-state index in [1.54, 1.807) is 0 Å². The molecule has 4 heteroatoms. The lowest BCUT2D eigenvalue weighted by Crippen LogP contribution is -2.44. The van der Waals surface area contributed by atoms with Gasteiger partial charge in [0.25, 0.3) is 0 Å². The molecular formula is C61H42N4. The van der Waals surface area contributed by atoms with Gasteiger partial charge in [-0.25, -0.2) is 15.0 Å². The molecule has 1 atom stereocenters. The number of benzene rings is 9. The molecule has 9 aromatic carbocycles. The highest BCUT2D eigenvalue weighted by atomic mass is 15.0. The summed E-state index contributed by atoms with van der Waals surface area (Å²) in [6.07, 6.45) is 0. The van der Waals surface area contributed by atoms with Crippen molar-refractivity contribution in [3.8, 4) is 62.1 Å². The van der Waals surface area contributed by atoms with E-state index in [1.807, 2.05) is 24.3 Å². The maximum Gasteiger partial charge on any atom is 0.164 e. The number of hydrogen-bond donors (Lipinski definition) is 0. The first-order chi connectivity index (χ1) is 32.0. The third-order valence-electron chi connectivity index (χ3n) is 14.1. The van der Waals surface area contributed by atoms with Gasteiger partial charge in [0.1, 0.15) is 0 Å². The zero-order chi connectivity index (χ0) is 43.3. The van der Waals surface area contributed by atoms with Crippen molar-refractivity contribution in [2.45, 2.75) is 24.7 Å². The quantitative estimate of drug-likeness (QED) is 0.174. The van der Waals surface area contributed by atoms with Crippen molar-refractivity contribution in [2.75, 3.05) is 0 Å². The summed E-state index contributed by atoms with van der Waals surface area (Å²) in [5, 5.41) is 2.55. The molecule has 0 bridgehead atoms. The largest absolute Gasteiger partial charge is 0.309 e. The van der Waals surface area contributed by atoms with Crippen LogP contribution in [0.2, 0.25) is 0 Å². The Kier molecular flexibility index (Phi) is 8.13. The van der Waals surface area contributed by atoms with Gasteiger partial charge >= 0.3 is 0 Å². The second-order valence-electron chi connectivity index (χ2n) is 17.9. The molecule has 1 spiro atoms. The van der Waals surface area contributed by atoms with Crippen molar-refractivity contribution in [1.29, 1.82) is 0 Å². The summed E-state index contributed by atoms with van der Waals surface area (Å²) in [6.45, 7) is 4.81. The Hall–Kier alpha value is -8.21. The first kappa shape index (κ1) is 37.4. The summed E-state index contributed by atoms with van der Waals surface area (Å²) in [4.78, 5) is 15.5. The van der Waals surface area contributed by atoms with E-state index < -0.39 is 5.41 Å². The Bertz CT molecular complexity index is 3680. The topological polar surface area (TPSA) is 43.6 Å². The number of fused-ring (bicyclic) bond motifs is 11. The maximum absolute atomic E-state index is 5.21. The van der Waals surface area contributed by atoms with Crippen LogP contribution < -0.4 is 0 Å². The molecule has 0 amide bonds. The Morgan fingerprint density at radius 3 is 1.62 bits per heavy atom. The number of hydrogen-bond acceptors (Lipinski definition) is 3. The van der Waals surface area contributed by atoms with Crippen molar-refractivity contribution in [3.63, 3.8) is 0 Å². The van der Waals surface area contributed by atoms with Crippen molar-refractivity contribution in [3.05, 3.63) is 252 Å². The van der Waals surface area contributed by atoms with Gasteiger partial charge in [0.15, 0.2) is 17.5 Å². The van der Waals surface area contributed by atoms with E-state index >= 15 is 0 Å². The smallest absolute Gasteiger partial charge is 0.164 e. The number of rotatable bonds is 5. The molecule has 2 aromatic heterocycles. The van der Waals surface area contributed by atoms with Gasteiger partial charge < -0.3 is 4.57 Å². The minimum Gasteiger partial charge on any atom is -0.309 e. The van der Waals surface area contributed by atoms with Crippen LogP contribution in [0.3, 0.4) is 0 Å². The molecule has 306 valence electrons. The molecule has 65 heavy (non-hydrogen) atoms. The Balaban J connectivity index is 1.03. The predicted molar refractivity (Wildman–Crippen MR) is 265 cm³/mol. The molecule has 11 aromatic rings. The highest BCUT2D eigenvalue weighted by molar-refractivity contribution is 6.12. The van der Waals surface area contributed by atoms with Crippen LogP contribution in [-0.4, -0.2) is 19.5 Å². The van der Waals surface area contributed by atoms with E-state index in [-0.39, 0.29) is 5.41 Å². The fraction of sp³-hybridized carbons (Fsp3) is 0.0656. The average Bonchev–Trinajstić information content (AvgIpc) is 3.72. The van der Waals surface area contributed by atoms with Crippen LogP contribution in [0.4, 0.5) is 0 Å². The molecule has 1 aliphatic carbocycles. The first-order valence-corrected chi connectivity index (χ1v) is 22.4. The van der Waals surface area contributed by atoms with Crippen molar-refractivity contribution >= 4 is 21.8 Å². The monoisotopic (exact) mass is 830 g/mol. The van der Waals surface area contributed by atoms with Crippen molar-refractivity contribution in [2.24, 2.45) is 0 Å². The fourth-order valence-corrected chi connectivity index (χ4v) is 11.3. The number of para-hydroxylation sites is 3. The summed E-state index contributed by atoms with van der Waals surface area (Å²) in [7, 11) is 0. The standard InChI is InChI=1S/C61H42N4/c1-60(2)48-27-10-11-28-49(48)61(50-29-12-14-33-54(50)65-53-32-13-9-24-46(53)47-26-17-31-52(61)56(47)65)51-30-16-25-45(55(51)60)43-22-15-23-44(38-43)59-63-57(41-20-7-4-8-21-41)62-58(64-59)42-36-34-40(35-37-42)39-18-5-3-6-19-39/h3-38H,1-2H3. The van der Waals surface area contributed by atoms with Gasteiger partial charge in [-0.15, -0.1) is 0 Å². The van der Waals surface area contributed by atoms with E-state index in [0.717, 1.165) is 27.8 Å². The van der Waals surface area contributed by atoms with Crippen LogP contribution in [0.15, 0.2) is 218 Å². The normalized spacial score (nSPS) is 15.4. The highest BCUT2D eigenvalue weighted by Gasteiger charge is 2.53. The highest BCUT2D eigenvalue weighted by Crippen LogP contribution is 2.61. The molecule has 0 radical (unpaired) electrons. The second kappa shape index (κ2) is 14.2. The predicted octanol–water partition coefficient (Wildman–Crippen LogP) is 14.6. The van der Waals surface area contributed by atoms with E-state index in [2.05, 4.69) is 213 Å². The lowest BCUT2D eigenvalue weighted by Gasteiger charge is -2.50. The van der Waals surface area contributed by atoms with E-state index in [4.69, 9.17) is 15.0 Å². The SMILES string of the molecule is CC1(C)c2ccccc2C2(c3ccccc3-n3c4ccccc4c4cccc2c43)c2cccc(-c3cccc(-c4nc(-c5ccccc5)nc(-c5ccc(-c6ccccc6)cc5)n4)c3)c21. The molecule has 0 N–H and O–H groups in total. The number of aromatic nitrogens is 4. The third kappa shape index (κ3) is 5.41. The Morgan fingerprint density at radius 2 is 0.846 bits per heavy atom. The zero-order valence-corrected chi connectivity index (χ0v) is 36.1. The van der Waals surface area contributed by atoms with Crippen molar-refractivity contribution in [1.82, 2.24) is 19.5 Å². The van der Waals surface area contributed by atoms with Crippen molar-refractivity contribution < 1.29 is 0 Å².